The second-order valence-electron chi connectivity index (χ2n) is 3.00. The Morgan fingerprint density at radius 3 is 1.00 bits per heavy atom. The minimum Gasteiger partial charge on any atom is -0.550 e. The molecule has 0 heterocycles. The van der Waals surface area contributed by atoms with E-state index < -0.39 is 48.8 Å². The molecule has 12 heteroatoms. The predicted octanol–water partition coefficient (Wildman–Crippen LogP) is -7.98. The number of carboxylic acid groups (broad SMARTS) is 4. The van der Waals surface area contributed by atoms with Gasteiger partial charge in [0.25, 0.3) is 0 Å². The number of aliphatic carboxylic acids is 4. The summed E-state index contributed by atoms with van der Waals surface area (Å²) in [6, 6.07) is -2.93. The van der Waals surface area contributed by atoms with Gasteiger partial charge in [0.1, 0.15) is 0 Å². The molecular weight excluding hydrogens is 358 g/mol. The summed E-state index contributed by atoms with van der Waals surface area (Å²) < 4.78 is 0. The van der Waals surface area contributed by atoms with Crippen molar-refractivity contribution in [2.75, 3.05) is 0 Å². The molecule has 0 fully saturated rings. The van der Waals surface area contributed by atoms with Crippen LogP contribution in [0.2, 0.25) is 0 Å². The Hall–Kier alpha value is -0.317. The normalized spacial score (nSPS) is 11.3. The molecule has 2 unspecified atom stereocenters. The molecule has 10 nitrogen and oxygen atoms in total. The SMILES string of the molecule is NC(CC(=O)[O-])C(=O)[O-].NC(CC(=O)[O-])C(=O)[O-].[Ca+2].[Zn+2]. The van der Waals surface area contributed by atoms with Crippen molar-refractivity contribution in [3.8, 4) is 0 Å². The van der Waals surface area contributed by atoms with Crippen LogP contribution in [0.3, 0.4) is 0 Å². The maximum absolute atomic E-state index is 9.71. The Labute approximate surface area is 156 Å². The van der Waals surface area contributed by atoms with Gasteiger partial charge in [-0.3, -0.25) is 0 Å². The largest absolute Gasteiger partial charge is 2.00 e. The number of carboxylic acids is 4. The van der Waals surface area contributed by atoms with Crippen LogP contribution in [-0.4, -0.2) is 73.7 Å². The van der Waals surface area contributed by atoms with E-state index in [1.807, 2.05) is 0 Å². The molecule has 0 amide bonds. The number of hydrogen-bond acceptors (Lipinski definition) is 10. The van der Waals surface area contributed by atoms with Gasteiger partial charge in [-0.15, -0.1) is 0 Å². The third-order valence-corrected chi connectivity index (χ3v) is 1.38. The monoisotopic (exact) mass is 366 g/mol. The van der Waals surface area contributed by atoms with Crippen molar-refractivity contribution in [3.63, 3.8) is 0 Å². The summed E-state index contributed by atoms with van der Waals surface area (Å²) in [5.74, 6) is -6.16. The van der Waals surface area contributed by atoms with E-state index in [1.54, 1.807) is 0 Å². The molecule has 0 aromatic carbocycles. The average Bonchev–Trinajstić information content (AvgIpc) is 2.16. The zero-order valence-electron chi connectivity index (χ0n) is 10.4. The van der Waals surface area contributed by atoms with Gasteiger partial charge in [0, 0.05) is 36.9 Å². The second-order valence-corrected chi connectivity index (χ2v) is 3.00. The zero-order chi connectivity index (χ0) is 14.9. The molecule has 0 radical (unpaired) electrons. The topological polar surface area (TPSA) is 213 Å². The van der Waals surface area contributed by atoms with Gasteiger partial charge in [-0.1, -0.05) is 0 Å². The summed E-state index contributed by atoms with van der Waals surface area (Å²) in [6.45, 7) is 0. The number of hydrogen-bond donors (Lipinski definition) is 2. The zero-order valence-corrected chi connectivity index (χ0v) is 15.6. The summed E-state index contributed by atoms with van der Waals surface area (Å²) in [6.07, 6.45) is -1.41. The molecule has 0 saturated carbocycles. The smallest absolute Gasteiger partial charge is 0.550 e. The number of carbonyl (C=O) groups excluding carboxylic acids is 4. The predicted molar refractivity (Wildman–Crippen MR) is 51.0 cm³/mol. The summed E-state index contributed by atoms with van der Waals surface area (Å²) in [5, 5.41) is 38.7. The van der Waals surface area contributed by atoms with E-state index in [0.717, 1.165) is 0 Å². The van der Waals surface area contributed by atoms with Crippen LogP contribution in [0.1, 0.15) is 12.8 Å². The van der Waals surface area contributed by atoms with Crippen molar-refractivity contribution in [3.05, 3.63) is 0 Å². The molecule has 0 aliphatic heterocycles. The fourth-order valence-electron chi connectivity index (χ4n) is 0.526. The molecule has 0 bridgehead atoms. The first-order valence-corrected chi connectivity index (χ1v) is 4.40. The minimum absolute atomic E-state index is 0. The van der Waals surface area contributed by atoms with Gasteiger partial charge in [0.05, 0.1) is 11.9 Å². The van der Waals surface area contributed by atoms with Gasteiger partial charge < -0.3 is 51.1 Å². The van der Waals surface area contributed by atoms with Crippen molar-refractivity contribution in [2.24, 2.45) is 11.5 Å². The van der Waals surface area contributed by atoms with E-state index in [4.69, 9.17) is 11.5 Å². The summed E-state index contributed by atoms with van der Waals surface area (Å²) >= 11 is 0. The Morgan fingerprint density at radius 1 is 0.750 bits per heavy atom. The van der Waals surface area contributed by atoms with Gasteiger partial charge in [0.2, 0.25) is 0 Å². The molecule has 0 aromatic heterocycles. The van der Waals surface area contributed by atoms with E-state index in [0.29, 0.717) is 0 Å². The van der Waals surface area contributed by atoms with E-state index >= 15 is 0 Å². The first-order valence-electron chi connectivity index (χ1n) is 4.40. The van der Waals surface area contributed by atoms with Gasteiger partial charge >= 0.3 is 57.2 Å². The van der Waals surface area contributed by atoms with E-state index in [1.165, 1.54) is 0 Å². The Balaban J connectivity index is -0.000000116. The number of carbonyl (C=O) groups is 4. The Kier molecular flexibility index (Phi) is 21.1. The van der Waals surface area contributed by atoms with Gasteiger partial charge in [-0.2, -0.15) is 0 Å². The fourth-order valence-corrected chi connectivity index (χ4v) is 0.526. The summed E-state index contributed by atoms with van der Waals surface area (Å²) in [7, 11) is 0. The average molecular weight is 368 g/mol. The summed E-state index contributed by atoms with van der Waals surface area (Å²) in [4.78, 5) is 38.7. The minimum atomic E-state index is -1.58. The summed E-state index contributed by atoms with van der Waals surface area (Å²) in [5.41, 5.74) is 9.47. The van der Waals surface area contributed by atoms with Crippen LogP contribution in [-0.2, 0) is 38.7 Å². The van der Waals surface area contributed by atoms with Crippen molar-refractivity contribution in [1.82, 2.24) is 0 Å². The molecule has 4 N–H and O–H groups in total. The first kappa shape index (κ1) is 27.9. The number of nitrogens with two attached hydrogens (primary N) is 2. The van der Waals surface area contributed by atoms with Crippen LogP contribution in [0.5, 0.6) is 0 Å². The van der Waals surface area contributed by atoms with Crippen LogP contribution in [0.15, 0.2) is 0 Å². The van der Waals surface area contributed by atoms with Crippen molar-refractivity contribution < 1.29 is 59.1 Å². The van der Waals surface area contributed by atoms with Crippen LogP contribution < -0.4 is 31.9 Å². The Bertz CT molecular complexity index is 308. The van der Waals surface area contributed by atoms with Crippen molar-refractivity contribution >= 4 is 61.6 Å². The Morgan fingerprint density at radius 2 is 0.950 bits per heavy atom. The standard InChI is InChI=1S/2C4H7NO4.Ca.Zn/c2*5-2(4(8)9)1-3(6)7;;/h2*2H,1,5H2,(H,6,7)(H,8,9);;/q;;2*+2/p-4. The number of rotatable bonds is 6. The van der Waals surface area contributed by atoms with Crippen LogP contribution in [0.25, 0.3) is 0 Å². The van der Waals surface area contributed by atoms with Gasteiger partial charge in [-0.05, 0) is 0 Å². The van der Waals surface area contributed by atoms with E-state index in [-0.39, 0.29) is 57.2 Å². The van der Waals surface area contributed by atoms with Crippen LogP contribution in [0.4, 0.5) is 0 Å². The molecular formula is C8H10CaN2O8Zn. The molecule has 0 saturated heterocycles. The maximum atomic E-state index is 9.71. The molecule has 20 heavy (non-hydrogen) atoms. The van der Waals surface area contributed by atoms with Gasteiger partial charge in [0.15, 0.2) is 0 Å². The van der Waals surface area contributed by atoms with Gasteiger partial charge in [-0.25, -0.2) is 0 Å². The first-order chi connectivity index (χ1) is 8.07. The maximum Gasteiger partial charge on any atom is 2.00 e. The molecule has 2 atom stereocenters. The molecule has 104 valence electrons. The van der Waals surface area contributed by atoms with Crippen molar-refractivity contribution in [2.45, 2.75) is 24.9 Å². The fraction of sp³-hybridized carbons (Fsp3) is 0.500. The van der Waals surface area contributed by atoms with Crippen LogP contribution >= 0.6 is 0 Å². The molecule has 0 aliphatic carbocycles. The second kappa shape index (κ2) is 15.1. The third-order valence-electron chi connectivity index (χ3n) is 1.38. The third kappa shape index (κ3) is 20.0. The molecule has 0 rings (SSSR count). The van der Waals surface area contributed by atoms with E-state index in [9.17, 15) is 39.6 Å². The molecule has 0 aliphatic rings. The van der Waals surface area contributed by atoms with Crippen molar-refractivity contribution in [1.29, 1.82) is 0 Å². The van der Waals surface area contributed by atoms with Crippen LogP contribution in [0, 0.1) is 0 Å². The molecule has 0 spiro atoms. The van der Waals surface area contributed by atoms with E-state index in [2.05, 4.69) is 0 Å². The molecule has 0 aromatic rings. The quantitative estimate of drug-likeness (QED) is 0.423.